The third-order valence-electron chi connectivity index (χ3n) is 4.40. The number of nitrogens with one attached hydrogen (secondary N) is 1. The van der Waals surface area contributed by atoms with Gasteiger partial charge in [-0.2, -0.15) is 0 Å². The average molecular weight is 410 g/mol. The average Bonchev–Trinajstić information content (AvgIpc) is 2.63. The number of ether oxygens (including phenoxy) is 1. The third-order valence-corrected chi connectivity index (χ3v) is 4.84. The van der Waals surface area contributed by atoms with E-state index in [1.165, 1.54) is 6.33 Å². The van der Waals surface area contributed by atoms with Gasteiger partial charge in [-0.15, -0.1) is 0 Å². The van der Waals surface area contributed by atoms with Gasteiger partial charge in [0, 0.05) is 28.8 Å². The molecule has 3 rings (SSSR count). The summed E-state index contributed by atoms with van der Waals surface area (Å²) in [5, 5.41) is 4.16. The predicted octanol–water partition coefficient (Wildman–Crippen LogP) is 3.89. The summed E-state index contributed by atoms with van der Waals surface area (Å²) in [6.07, 6.45) is 2.86. The highest BCUT2D eigenvalue weighted by Crippen LogP contribution is 2.32. The molecule has 144 valence electrons. The van der Waals surface area contributed by atoms with Crippen LogP contribution in [-0.4, -0.2) is 35.6 Å². The summed E-state index contributed by atoms with van der Waals surface area (Å²) in [4.78, 5) is 22.5. The van der Waals surface area contributed by atoms with Crippen molar-refractivity contribution in [1.82, 2.24) is 9.97 Å². The molecule has 7 nitrogen and oxygen atoms in total. The van der Waals surface area contributed by atoms with E-state index in [4.69, 9.17) is 33.7 Å². The lowest BCUT2D eigenvalue weighted by molar-refractivity contribution is -0.148. The van der Waals surface area contributed by atoms with E-state index in [0.717, 1.165) is 0 Å². The van der Waals surface area contributed by atoms with Crippen LogP contribution in [0.2, 0.25) is 10.0 Å². The minimum Gasteiger partial charge on any atom is -0.466 e. The first kappa shape index (κ1) is 19.5. The zero-order valence-corrected chi connectivity index (χ0v) is 16.4. The second-order valence-electron chi connectivity index (χ2n) is 6.26. The van der Waals surface area contributed by atoms with Crippen molar-refractivity contribution in [2.75, 3.05) is 35.6 Å². The molecule has 1 aliphatic rings. The molecular formula is C18H21Cl2N5O2. The van der Waals surface area contributed by atoms with E-state index in [1.54, 1.807) is 18.2 Å². The fourth-order valence-electron chi connectivity index (χ4n) is 3.09. The molecule has 0 atom stereocenters. The molecule has 1 aromatic heterocycles. The highest BCUT2D eigenvalue weighted by molar-refractivity contribution is 6.35. The smallest absolute Gasteiger partial charge is 0.309 e. The molecule has 2 aromatic rings. The first-order chi connectivity index (χ1) is 13.0. The predicted molar refractivity (Wildman–Crippen MR) is 108 cm³/mol. The summed E-state index contributed by atoms with van der Waals surface area (Å²) < 4.78 is 5.11. The lowest BCUT2D eigenvalue weighted by atomic mass is 9.97. The van der Waals surface area contributed by atoms with Gasteiger partial charge in [-0.25, -0.2) is 9.97 Å². The number of carbonyl (C=O) groups excluding carboxylic acids is 1. The minimum atomic E-state index is -0.131. The summed E-state index contributed by atoms with van der Waals surface area (Å²) in [5.74, 6) is 0.914. The molecule has 0 unspecified atom stereocenters. The van der Waals surface area contributed by atoms with Gasteiger partial charge in [0.25, 0.3) is 0 Å². The van der Waals surface area contributed by atoms with Crippen molar-refractivity contribution in [3.63, 3.8) is 0 Å². The van der Waals surface area contributed by atoms with Crippen molar-refractivity contribution in [3.8, 4) is 0 Å². The number of aromatic nitrogens is 2. The van der Waals surface area contributed by atoms with Gasteiger partial charge >= 0.3 is 5.97 Å². The third kappa shape index (κ3) is 4.73. The number of nitrogen functional groups attached to an aromatic ring is 1. The van der Waals surface area contributed by atoms with Crippen molar-refractivity contribution >= 4 is 52.2 Å². The number of anilines is 4. The Morgan fingerprint density at radius 2 is 1.93 bits per heavy atom. The van der Waals surface area contributed by atoms with Gasteiger partial charge in [0.1, 0.15) is 12.0 Å². The molecule has 2 heterocycles. The quantitative estimate of drug-likeness (QED) is 0.723. The molecule has 1 fully saturated rings. The first-order valence-corrected chi connectivity index (χ1v) is 9.48. The van der Waals surface area contributed by atoms with E-state index in [-0.39, 0.29) is 11.9 Å². The molecule has 0 amide bonds. The summed E-state index contributed by atoms with van der Waals surface area (Å²) >= 11 is 12.1. The second-order valence-corrected chi connectivity index (χ2v) is 7.13. The van der Waals surface area contributed by atoms with Crippen LogP contribution in [0.3, 0.4) is 0 Å². The van der Waals surface area contributed by atoms with Gasteiger partial charge < -0.3 is 20.7 Å². The van der Waals surface area contributed by atoms with E-state index in [2.05, 4.69) is 20.2 Å². The molecule has 0 spiro atoms. The van der Waals surface area contributed by atoms with Crippen molar-refractivity contribution in [1.29, 1.82) is 0 Å². The molecule has 9 heteroatoms. The van der Waals surface area contributed by atoms with Gasteiger partial charge in [0.15, 0.2) is 11.6 Å². The lowest BCUT2D eigenvalue weighted by Crippen LogP contribution is -2.37. The molecular weight excluding hydrogens is 389 g/mol. The summed E-state index contributed by atoms with van der Waals surface area (Å²) in [7, 11) is 0. The van der Waals surface area contributed by atoms with Gasteiger partial charge in [0.05, 0.1) is 12.5 Å². The van der Waals surface area contributed by atoms with Crippen LogP contribution in [-0.2, 0) is 9.53 Å². The van der Waals surface area contributed by atoms with E-state index >= 15 is 0 Å². The Hall–Kier alpha value is -2.25. The van der Waals surface area contributed by atoms with Crippen LogP contribution < -0.4 is 16.0 Å². The van der Waals surface area contributed by atoms with Crippen molar-refractivity contribution < 1.29 is 9.53 Å². The maximum Gasteiger partial charge on any atom is 0.309 e. The number of hydrogen-bond donors (Lipinski definition) is 2. The topological polar surface area (TPSA) is 93.4 Å². The number of esters is 1. The number of carbonyl (C=O) groups is 1. The van der Waals surface area contributed by atoms with Crippen molar-refractivity contribution in [3.05, 3.63) is 34.6 Å². The van der Waals surface area contributed by atoms with Gasteiger partial charge in [-0.3, -0.25) is 4.79 Å². The summed E-state index contributed by atoms with van der Waals surface area (Å²) in [6.45, 7) is 3.57. The number of nitrogens with zero attached hydrogens (tertiary/aromatic N) is 3. The van der Waals surface area contributed by atoms with Gasteiger partial charge in [0.2, 0.25) is 0 Å². The highest BCUT2D eigenvalue weighted by Gasteiger charge is 2.27. The molecule has 0 bridgehead atoms. The Labute approximate surface area is 167 Å². The number of piperidine rings is 1. The number of hydrogen-bond acceptors (Lipinski definition) is 7. The SMILES string of the molecule is CCOC(=O)C1CCN(c2ncnc(Nc3cc(Cl)cc(Cl)c3)c2N)CC1. The number of halogens is 2. The summed E-state index contributed by atoms with van der Waals surface area (Å²) in [5.41, 5.74) is 7.41. The molecule has 0 aliphatic carbocycles. The van der Waals surface area contributed by atoms with Gasteiger partial charge in [-0.1, -0.05) is 23.2 Å². The standard InChI is InChI=1S/C18H21Cl2N5O2/c1-2-27-18(26)11-3-5-25(6-4-11)17-15(21)16(22-10-23-17)24-14-8-12(19)7-13(20)9-14/h7-11H,2-6,21H2,1H3,(H,22,23,24). The molecule has 27 heavy (non-hydrogen) atoms. The van der Waals surface area contributed by atoms with E-state index in [1.807, 2.05) is 6.92 Å². The van der Waals surface area contributed by atoms with Crippen LogP contribution in [0.5, 0.6) is 0 Å². The highest BCUT2D eigenvalue weighted by atomic mass is 35.5. The van der Waals surface area contributed by atoms with E-state index in [9.17, 15) is 4.79 Å². The molecule has 3 N–H and O–H groups in total. The minimum absolute atomic E-state index is 0.0736. The van der Waals surface area contributed by atoms with Crippen LogP contribution in [0, 0.1) is 5.92 Å². The fourth-order valence-corrected chi connectivity index (χ4v) is 3.61. The van der Waals surface area contributed by atoms with Crippen LogP contribution in [0.25, 0.3) is 0 Å². The van der Waals surface area contributed by atoms with Crippen LogP contribution in [0.15, 0.2) is 24.5 Å². The number of benzene rings is 1. The van der Waals surface area contributed by atoms with Crippen LogP contribution in [0.1, 0.15) is 19.8 Å². The van der Waals surface area contributed by atoms with Crippen molar-refractivity contribution in [2.24, 2.45) is 5.92 Å². The normalized spacial score (nSPS) is 14.9. The molecule has 1 aromatic carbocycles. The van der Waals surface area contributed by atoms with Crippen molar-refractivity contribution in [2.45, 2.75) is 19.8 Å². The Balaban J connectivity index is 1.73. The van der Waals surface area contributed by atoms with Crippen LogP contribution >= 0.6 is 23.2 Å². The molecule has 1 saturated heterocycles. The number of nitrogens with two attached hydrogens (primary N) is 1. The zero-order chi connectivity index (χ0) is 19.4. The zero-order valence-electron chi connectivity index (χ0n) is 14.9. The van der Waals surface area contributed by atoms with E-state index in [0.29, 0.717) is 65.6 Å². The van der Waals surface area contributed by atoms with E-state index < -0.39 is 0 Å². The Kier molecular flexibility index (Phi) is 6.23. The van der Waals surface area contributed by atoms with Gasteiger partial charge in [-0.05, 0) is 38.0 Å². The maximum atomic E-state index is 11.9. The Morgan fingerprint density at radius 1 is 1.26 bits per heavy atom. The fraction of sp³-hybridized carbons (Fsp3) is 0.389. The first-order valence-electron chi connectivity index (χ1n) is 8.73. The monoisotopic (exact) mass is 409 g/mol. The molecule has 0 radical (unpaired) electrons. The summed E-state index contributed by atoms with van der Waals surface area (Å²) in [6, 6.07) is 5.12. The lowest BCUT2D eigenvalue weighted by Gasteiger charge is -2.32. The Bertz CT molecular complexity index is 805. The maximum absolute atomic E-state index is 11.9. The largest absolute Gasteiger partial charge is 0.466 e. The molecule has 1 aliphatic heterocycles. The van der Waals surface area contributed by atoms with Crippen LogP contribution in [0.4, 0.5) is 23.0 Å². The molecule has 0 saturated carbocycles. The number of rotatable bonds is 5. The Morgan fingerprint density at radius 3 is 2.56 bits per heavy atom. The second kappa shape index (κ2) is 8.63.